The Balaban J connectivity index is 2.08. The summed E-state index contributed by atoms with van der Waals surface area (Å²) in [7, 11) is 1.55. The number of hydrogen-bond acceptors (Lipinski definition) is 5. The molecule has 0 fully saturated rings. The highest BCUT2D eigenvalue weighted by Crippen LogP contribution is 2.42. The molecule has 1 heterocycles. The first-order valence-electron chi connectivity index (χ1n) is 10.00. The fraction of sp³-hybridized carbons (Fsp3) is 0.348. The lowest BCUT2D eigenvalue weighted by Crippen LogP contribution is -2.22. The van der Waals surface area contributed by atoms with Crippen LogP contribution in [-0.2, 0) is 6.42 Å². The Hall–Kier alpha value is -1.90. The van der Waals surface area contributed by atoms with Crippen LogP contribution in [0, 0.1) is 5.41 Å². The zero-order valence-corrected chi connectivity index (χ0v) is 22.4. The quantitative estimate of drug-likeness (QED) is 0.312. The van der Waals surface area contributed by atoms with Crippen LogP contribution in [0.5, 0.6) is 11.5 Å². The fourth-order valence-electron chi connectivity index (χ4n) is 2.94. The van der Waals surface area contributed by atoms with E-state index in [0.717, 1.165) is 4.47 Å². The van der Waals surface area contributed by atoms with Crippen molar-refractivity contribution >= 4 is 60.6 Å². The van der Waals surface area contributed by atoms with E-state index in [0.29, 0.717) is 56.3 Å². The van der Waals surface area contributed by atoms with Crippen LogP contribution in [-0.4, -0.2) is 29.6 Å². The second kappa shape index (κ2) is 9.93. The monoisotopic (exact) mass is 583 g/mol. The second-order valence-corrected chi connectivity index (χ2v) is 10.5. The summed E-state index contributed by atoms with van der Waals surface area (Å²) in [4.78, 5) is 17.7. The molecule has 3 aromatic rings. The molecule has 0 saturated carbocycles. The number of methoxy groups -OCH3 is 1. The number of ether oxygens (including phenoxy) is 2. The van der Waals surface area contributed by atoms with E-state index < -0.39 is 0 Å². The largest absolute Gasteiger partial charge is 0.493 e. The van der Waals surface area contributed by atoms with Crippen LogP contribution in [0.3, 0.4) is 0 Å². The highest BCUT2D eigenvalue weighted by molar-refractivity contribution is 9.10. The molecule has 0 amide bonds. The van der Waals surface area contributed by atoms with Crippen molar-refractivity contribution in [2.24, 2.45) is 10.5 Å². The number of halogens is 3. The zero-order valence-electron chi connectivity index (χ0n) is 18.5. The molecular formula is C23H24Br2ClN3O3. The molecule has 0 radical (unpaired) electrons. The Bertz CT molecular complexity index is 1250. The van der Waals surface area contributed by atoms with Gasteiger partial charge >= 0.3 is 0 Å². The average Bonchev–Trinajstić information content (AvgIpc) is 2.74. The van der Waals surface area contributed by atoms with Crippen molar-refractivity contribution < 1.29 is 9.47 Å². The molecule has 170 valence electrons. The average molecular weight is 586 g/mol. The van der Waals surface area contributed by atoms with Gasteiger partial charge in [0.25, 0.3) is 5.56 Å². The molecule has 6 nitrogen and oxygen atoms in total. The molecule has 1 aromatic heterocycles. The molecule has 2 aromatic carbocycles. The number of aryl methyl sites for hydroxylation is 1. The number of fused-ring (bicyclic) bond motifs is 1. The summed E-state index contributed by atoms with van der Waals surface area (Å²) in [5.74, 6) is 1.49. The fourth-order valence-corrected chi connectivity index (χ4v) is 3.95. The van der Waals surface area contributed by atoms with Crippen LogP contribution in [0.4, 0.5) is 0 Å². The molecule has 0 unspecified atom stereocenters. The Morgan fingerprint density at radius 1 is 1.25 bits per heavy atom. The van der Waals surface area contributed by atoms with Crippen LogP contribution >= 0.6 is 43.5 Å². The molecule has 0 saturated heterocycles. The molecule has 0 N–H and O–H groups in total. The van der Waals surface area contributed by atoms with Crippen molar-refractivity contribution in [2.45, 2.75) is 34.1 Å². The van der Waals surface area contributed by atoms with Crippen LogP contribution in [0.2, 0.25) is 5.02 Å². The summed E-state index contributed by atoms with van der Waals surface area (Å²) in [6, 6.07) is 7.18. The van der Waals surface area contributed by atoms with E-state index in [1.54, 1.807) is 25.5 Å². The van der Waals surface area contributed by atoms with Crippen LogP contribution in [0.15, 0.2) is 43.1 Å². The maximum Gasteiger partial charge on any atom is 0.282 e. The number of aromatic nitrogens is 2. The second-order valence-electron chi connectivity index (χ2n) is 8.38. The van der Waals surface area contributed by atoms with Gasteiger partial charge in [-0.3, -0.25) is 4.79 Å². The maximum absolute atomic E-state index is 13.1. The number of nitrogens with zero attached hydrogens (tertiary/aromatic N) is 3. The SMILES string of the molecule is CCc1nc2ccc(Br)cc2c(=O)n1N=Cc1cc(OC)c(OCC(C)(C)C)c(Cl)c1Br. The molecule has 9 heteroatoms. The van der Waals surface area contributed by atoms with Gasteiger partial charge in [0.1, 0.15) is 10.8 Å². The topological polar surface area (TPSA) is 65.7 Å². The molecule has 32 heavy (non-hydrogen) atoms. The van der Waals surface area contributed by atoms with Crippen LogP contribution in [0.25, 0.3) is 10.9 Å². The molecule has 0 bridgehead atoms. The minimum absolute atomic E-state index is 0.0449. The van der Waals surface area contributed by atoms with E-state index in [9.17, 15) is 4.79 Å². The number of hydrogen-bond donors (Lipinski definition) is 0. The van der Waals surface area contributed by atoms with Gasteiger partial charge in [-0.2, -0.15) is 9.78 Å². The van der Waals surface area contributed by atoms with Gasteiger partial charge in [-0.25, -0.2) is 4.98 Å². The molecular weight excluding hydrogens is 562 g/mol. The van der Waals surface area contributed by atoms with Gasteiger partial charge < -0.3 is 9.47 Å². The van der Waals surface area contributed by atoms with Gasteiger partial charge in [0, 0.05) is 20.9 Å². The van der Waals surface area contributed by atoms with Crippen LogP contribution < -0.4 is 15.0 Å². The minimum Gasteiger partial charge on any atom is -0.493 e. The highest BCUT2D eigenvalue weighted by atomic mass is 79.9. The van der Waals surface area contributed by atoms with Crippen molar-refractivity contribution in [1.82, 2.24) is 9.66 Å². The van der Waals surface area contributed by atoms with Crippen molar-refractivity contribution in [3.63, 3.8) is 0 Å². The third-order valence-corrected chi connectivity index (χ3v) is 6.47. The summed E-state index contributed by atoms with van der Waals surface area (Å²) in [6.07, 6.45) is 2.10. The molecule has 0 aliphatic carbocycles. The van der Waals surface area contributed by atoms with E-state index in [-0.39, 0.29) is 11.0 Å². The van der Waals surface area contributed by atoms with E-state index >= 15 is 0 Å². The van der Waals surface area contributed by atoms with E-state index in [1.165, 1.54) is 4.68 Å². The Labute approximate surface area is 208 Å². The van der Waals surface area contributed by atoms with Gasteiger partial charge in [-0.05, 0) is 45.6 Å². The summed E-state index contributed by atoms with van der Waals surface area (Å²) in [6.45, 7) is 8.61. The lowest BCUT2D eigenvalue weighted by Gasteiger charge is -2.21. The Morgan fingerprint density at radius 2 is 1.97 bits per heavy atom. The van der Waals surface area contributed by atoms with Gasteiger partial charge in [-0.1, -0.05) is 55.2 Å². The standard InChI is InChI=1S/C23H24Br2ClN3O3/c1-6-18-28-16-8-7-14(24)10-15(16)22(30)29(18)27-11-13-9-17(31-5)21(20(26)19(13)25)32-12-23(2,3)4/h7-11H,6,12H2,1-5H3. The first kappa shape index (κ1) is 24.7. The Morgan fingerprint density at radius 3 is 2.59 bits per heavy atom. The van der Waals surface area contributed by atoms with Crippen molar-refractivity contribution in [3.8, 4) is 11.5 Å². The molecule has 3 rings (SSSR count). The van der Waals surface area contributed by atoms with E-state index in [4.69, 9.17) is 21.1 Å². The lowest BCUT2D eigenvalue weighted by molar-refractivity contribution is 0.191. The first-order valence-corrected chi connectivity index (χ1v) is 12.0. The number of rotatable bonds is 6. The van der Waals surface area contributed by atoms with Gasteiger partial charge in [0.15, 0.2) is 11.5 Å². The lowest BCUT2D eigenvalue weighted by atomic mass is 9.99. The van der Waals surface area contributed by atoms with Crippen LogP contribution in [0.1, 0.15) is 39.1 Å². The van der Waals surface area contributed by atoms with Crippen molar-refractivity contribution in [2.75, 3.05) is 13.7 Å². The minimum atomic E-state index is -0.247. The first-order chi connectivity index (χ1) is 15.1. The third-order valence-electron chi connectivity index (χ3n) is 4.53. The summed E-state index contributed by atoms with van der Waals surface area (Å²) in [5, 5.41) is 5.29. The predicted molar refractivity (Wildman–Crippen MR) is 137 cm³/mol. The number of benzene rings is 2. The van der Waals surface area contributed by atoms with Crippen molar-refractivity contribution in [3.05, 3.63) is 60.0 Å². The highest BCUT2D eigenvalue weighted by Gasteiger charge is 2.20. The molecule has 0 spiro atoms. The molecule has 0 aliphatic heterocycles. The van der Waals surface area contributed by atoms with Gasteiger partial charge in [0.2, 0.25) is 0 Å². The normalized spacial score (nSPS) is 12.0. The predicted octanol–water partition coefficient (Wildman–Crippen LogP) is 6.45. The van der Waals surface area contributed by atoms with Gasteiger partial charge in [-0.15, -0.1) is 0 Å². The summed E-state index contributed by atoms with van der Waals surface area (Å²) >= 11 is 13.5. The third kappa shape index (κ3) is 5.35. The van der Waals surface area contributed by atoms with Crippen molar-refractivity contribution in [1.29, 1.82) is 0 Å². The smallest absolute Gasteiger partial charge is 0.282 e. The summed E-state index contributed by atoms with van der Waals surface area (Å²) in [5.41, 5.74) is 0.978. The van der Waals surface area contributed by atoms with Gasteiger partial charge in [0.05, 0.1) is 30.8 Å². The zero-order chi connectivity index (χ0) is 23.6. The maximum atomic E-state index is 13.1. The Kier molecular flexibility index (Phi) is 7.68. The van der Waals surface area contributed by atoms with E-state index in [1.807, 2.05) is 19.1 Å². The summed E-state index contributed by atoms with van der Waals surface area (Å²) < 4.78 is 14.1. The molecule has 0 atom stereocenters. The van der Waals surface area contributed by atoms with E-state index in [2.05, 4.69) is 62.7 Å². The molecule has 0 aliphatic rings.